The van der Waals surface area contributed by atoms with Gasteiger partial charge in [0.25, 0.3) is 5.91 Å². The van der Waals surface area contributed by atoms with Gasteiger partial charge in [0, 0.05) is 5.02 Å². The van der Waals surface area contributed by atoms with Crippen molar-refractivity contribution in [1.82, 2.24) is 0 Å². The third-order valence-electron chi connectivity index (χ3n) is 4.16. The molecule has 0 saturated carbocycles. The Labute approximate surface area is 183 Å². The van der Waals surface area contributed by atoms with Gasteiger partial charge in [-0.2, -0.15) is 5.26 Å². The molecule has 0 fully saturated rings. The van der Waals surface area contributed by atoms with Crippen LogP contribution in [0.3, 0.4) is 0 Å². The minimum absolute atomic E-state index is 0.298. The number of halogens is 1. The van der Waals surface area contributed by atoms with Crippen molar-refractivity contribution in [2.75, 3.05) is 5.32 Å². The summed E-state index contributed by atoms with van der Waals surface area (Å²) in [4.78, 5) is 25.4. The molecule has 0 radical (unpaired) electrons. The number of anilines is 1. The first kappa shape index (κ1) is 21.3. The maximum atomic E-state index is 12.9. The number of nitrogens with one attached hydrogen (secondary N) is 1. The van der Waals surface area contributed by atoms with E-state index >= 15 is 0 Å². The molecule has 1 aromatic heterocycles. The Morgan fingerprint density at radius 2 is 1.83 bits per heavy atom. The van der Waals surface area contributed by atoms with Gasteiger partial charge in [0.05, 0.1) is 11.1 Å². The molecule has 2 aromatic carbocycles. The number of thiophene rings is 1. The molecule has 0 aliphatic rings. The summed E-state index contributed by atoms with van der Waals surface area (Å²) in [5.41, 5.74) is 2.09. The van der Waals surface area contributed by atoms with E-state index < -0.39 is 18.0 Å². The van der Waals surface area contributed by atoms with Gasteiger partial charge in [-0.05, 0) is 47.7 Å². The molecule has 0 spiro atoms. The topological polar surface area (TPSA) is 79.2 Å². The molecule has 3 rings (SSSR count). The number of rotatable bonds is 6. The zero-order chi connectivity index (χ0) is 21.5. The number of ether oxygens (including phenoxy) is 1. The van der Waals surface area contributed by atoms with Gasteiger partial charge in [-0.1, -0.05) is 54.1 Å². The van der Waals surface area contributed by atoms with E-state index in [0.29, 0.717) is 26.7 Å². The molecule has 3 aromatic rings. The second-order valence-electron chi connectivity index (χ2n) is 6.29. The highest BCUT2D eigenvalue weighted by molar-refractivity contribution is 7.14. The van der Waals surface area contributed by atoms with E-state index in [1.54, 1.807) is 41.8 Å². The van der Waals surface area contributed by atoms with Gasteiger partial charge in [-0.15, -0.1) is 11.3 Å². The predicted octanol–water partition coefficient (Wildman–Crippen LogP) is 5.38. The Kier molecular flexibility index (Phi) is 7.02. The standard InChI is InChI=1S/C23H17ClN2O3S/c1-15(21(27)26-22-18(14-25)11-12-30-22)29-23(28)20(13-16-5-3-2-4-6-16)17-7-9-19(24)10-8-17/h2-13,15H,1H3,(H,26,27)/b20-13+. The van der Waals surface area contributed by atoms with Crippen molar-refractivity contribution in [2.45, 2.75) is 13.0 Å². The second-order valence-corrected chi connectivity index (χ2v) is 7.64. The highest BCUT2D eigenvalue weighted by Gasteiger charge is 2.22. The quantitative estimate of drug-likeness (QED) is 0.319. The van der Waals surface area contributed by atoms with Crippen LogP contribution in [-0.2, 0) is 14.3 Å². The molecule has 1 atom stereocenters. The van der Waals surface area contributed by atoms with Crippen molar-refractivity contribution in [1.29, 1.82) is 5.26 Å². The summed E-state index contributed by atoms with van der Waals surface area (Å²) in [5, 5.41) is 14.4. The van der Waals surface area contributed by atoms with E-state index in [1.165, 1.54) is 18.3 Å². The fourth-order valence-corrected chi connectivity index (χ4v) is 3.46. The molecule has 1 amide bonds. The zero-order valence-electron chi connectivity index (χ0n) is 16.0. The first-order valence-corrected chi connectivity index (χ1v) is 10.3. The summed E-state index contributed by atoms with van der Waals surface area (Å²) in [6.45, 7) is 1.48. The summed E-state index contributed by atoms with van der Waals surface area (Å²) >= 11 is 7.19. The van der Waals surface area contributed by atoms with Crippen molar-refractivity contribution >= 4 is 51.5 Å². The van der Waals surface area contributed by atoms with Crippen LogP contribution in [0.5, 0.6) is 0 Å². The van der Waals surface area contributed by atoms with Crippen LogP contribution in [0.1, 0.15) is 23.6 Å². The zero-order valence-corrected chi connectivity index (χ0v) is 17.5. The van der Waals surface area contributed by atoms with Crippen LogP contribution < -0.4 is 5.32 Å². The minimum Gasteiger partial charge on any atom is -0.449 e. The van der Waals surface area contributed by atoms with Crippen molar-refractivity contribution in [3.63, 3.8) is 0 Å². The lowest BCUT2D eigenvalue weighted by Crippen LogP contribution is -2.30. The van der Waals surface area contributed by atoms with Crippen molar-refractivity contribution in [3.8, 4) is 6.07 Å². The van der Waals surface area contributed by atoms with Crippen molar-refractivity contribution in [3.05, 3.63) is 87.8 Å². The lowest BCUT2D eigenvalue weighted by atomic mass is 10.0. The lowest BCUT2D eigenvalue weighted by molar-refractivity contribution is -0.147. The van der Waals surface area contributed by atoms with Crippen LogP contribution >= 0.6 is 22.9 Å². The number of hydrogen-bond donors (Lipinski definition) is 1. The van der Waals surface area contributed by atoms with Crippen LogP contribution in [0.25, 0.3) is 11.6 Å². The highest BCUT2D eigenvalue weighted by Crippen LogP contribution is 2.24. The van der Waals surface area contributed by atoms with Crippen LogP contribution in [0, 0.1) is 11.3 Å². The van der Waals surface area contributed by atoms with E-state index in [0.717, 1.165) is 5.56 Å². The lowest BCUT2D eigenvalue weighted by Gasteiger charge is -2.15. The van der Waals surface area contributed by atoms with Gasteiger partial charge in [-0.3, -0.25) is 4.79 Å². The Hall–Kier alpha value is -3.40. The number of amides is 1. The summed E-state index contributed by atoms with van der Waals surface area (Å²) in [5.74, 6) is -1.16. The molecule has 7 heteroatoms. The third kappa shape index (κ3) is 5.35. The van der Waals surface area contributed by atoms with Crippen LogP contribution in [-0.4, -0.2) is 18.0 Å². The Balaban J connectivity index is 1.80. The highest BCUT2D eigenvalue weighted by atomic mass is 35.5. The Bertz CT molecular complexity index is 1120. The minimum atomic E-state index is -1.06. The first-order valence-electron chi connectivity index (χ1n) is 9.00. The van der Waals surface area contributed by atoms with Crippen LogP contribution in [0.4, 0.5) is 5.00 Å². The average Bonchev–Trinajstić information content (AvgIpc) is 3.20. The predicted molar refractivity (Wildman–Crippen MR) is 119 cm³/mol. The largest absolute Gasteiger partial charge is 0.449 e. The molecule has 0 saturated heterocycles. The number of esters is 1. The van der Waals surface area contributed by atoms with Gasteiger partial charge in [-0.25, -0.2) is 4.79 Å². The van der Waals surface area contributed by atoms with Crippen molar-refractivity contribution in [2.24, 2.45) is 0 Å². The molecule has 0 bridgehead atoms. The normalized spacial score (nSPS) is 12.0. The number of hydrogen-bond acceptors (Lipinski definition) is 5. The van der Waals surface area contributed by atoms with Gasteiger partial charge in [0.1, 0.15) is 11.1 Å². The fourth-order valence-electron chi connectivity index (χ4n) is 2.59. The van der Waals surface area contributed by atoms with Gasteiger partial charge >= 0.3 is 5.97 Å². The molecule has 150 valence electrons. The molecule has 30 heavy (non-hydrogen) atoms. The molecule has 1 unspecified atom stereocenters. The number of carbonyl (C=O) groups is 2. The van der Waals surface area contributed by atoms with Crippen LogP contribution in [0.2, 0.25) is 5.02 Å². The van der Waals surface area contributed by atoms with Gasteiger partial charge < -0.3 is 10.1 Å². The number of benzene rings is 2. The van der Waals surface area contributed by atoms with Gasteiger partial charge in [0.15, 0.2) is 6.10 Å². The third-order valence-corrected chi connectivity index (χ3v) is 5.24. The second kappa shape index (κ2) is 9.88. The molecule has 5 nitrogen and oxygen atoms in total. The van der Waals surface area contributed by atoms with E-state index in [-0.39, 0.29) is 0 Å². The fraction of sp³-hybridized carbons (Fsp3) is 0.0870. The molecule has 0 aliphatic heterocycles. The number of nitriles is 1. The Morgan fingerprint density at radius 1 is 1.13 bits per heavy atom. The molecule has 1 heterocycles. The molecule has 1 N–H and O–H groups in total. The Morgan fingerprint density at radius 3 is 2.50 bits per heavy atom. The van der Waals surface area contributed by atoms with E-state index in [1.807, 2.05) is 36.4 Å². The summed E-state index contributed by atoms with van der Waals surface area (Å²) in [7, 11) is 0. The molecular formula is C23H17ClN2O3S. The number of nitrogens with zero attached hydrogens (tertiary/aromatic N) is 1. The van der Waals surface area contributed by atoms with Crippen molar-refractivity contribution < 1.29 is 14.3 Å². The number of carbonyl (C=O) groups excluding carboxylic acids is 2. The summed E-state index contributed by atoms with van der Waals surface area (Å²) in [6, 6.07) is 19.7. The van der Waals surface area contributed by atoms with Crippen LogP contribution in [0.15, 0.2) is 66.0 Å². The van der Waals surface area contributed by atoms with E-state index in [4.69, 9.17) is 21.6 Å². The SMILES string of the molecule is CC(OC(=O)/C(=C/c1ccccc1)c1ccc(Cl)cc1)C(=O)Nc1sccc1C#N. The monoisotopic (exact) mass is 436 g/mol. The first-order chi connectivity index (χ1) is 14.5. The molecule has 0 aliphatic carbocycles. The molecular weight excluding hydrogens is 420 g/mol. The maximum Gasteiger partial charge on any atom is 0.339 e. The maximum absolute atomic E-state index is 12.9. The van der Waals surface area contributed by atoms with E-state index in [9.17, 15) is 9.59 Å². The summed E-state index contributed by atoms with van der Waals surface area (Å²) in [6.07, 6.45) is 0.640. The average molecular weight is 437 g/mol. The van der Waals surface area contributed by atoms with E-state index in [2.05, 4.69) is 5.32 Å². The smallest absolute Gasteiger partial charge is 0.339 e. The van der Waals surface area contributed by atoms with Gasteiger partial charge in [0.2, 0.25) is 0 Å². The summed E-state index contributed by atoms with van der Waals surface area (Å²) < 4.78 is 5.42.